The molecule has 1 aliphatic rings. The van der Waals surface area contributed by atoms with Crippen molar-refractivity contribution < 1.29 is 28.3 Å². The Bertz CT molecular complexity index is 987. The number of halogens is 2. The lowest BCUT2D eigenvalue weighted by molar-refractivity contribution is -0.137. The number of carbonyl (C=O) groups is 3. The topological polar surface area (TPSA) is 87.8 Å². The molecule has 152 valence electrons. The van der Waals surface area contributed by atoms with Crippen LogP contribution in [0, 0.1) is 5.82 Å². The van der Waals surface area contributed by atoms with E-state index in [1.54, 1.807) is 12.1 Å². The molecular weight excluding hydrogens is 421 g/mol. The van der Waals surface area contributed by atoms with Gasteiger partial charge in [-0.2, -0.15) is 0 Å². The molecule has 6 nitrogen and oxygen atoms in total. The molecule has 0 saturated carbocycles. The number of unbranched alkanes of at least 4 members (excludes halogenated alkanes) is 2. The summed E-state index contributed by atoms with van der Waals surface area (Å²) in [6, 6.07) is 7.23. The molecule has 2 aromatic rings. The van der Waals surface area contributed by atoms with Gasteiger partial charge in [0.1, 0.15) is 17.3 Å². The van der Waals surface area contributed by atoms with Gasteiger partial charge < -0.3 is 9.52 Å². The first-order valence-electron chi connectivity index (χ1n) is 8.87. The van der Waals surface area contributed by atoms with E-state index < -0.39 is 17.7 Å². The number of amides is 2. The minimum absolute atomic E-state index is 0.0701. The van der Waals surface area contributed by atoms with Gasteiger partial charge in [-0.3, -0.25) is 19.3 Å². The number of carbonyl (C=O) groups excluding carboxylic acids is 2. The van der Waals surface area contributed by atoms with Crippen LogP contribution >= 0.6 is 23.4 Å². The Balaban J connectivity index is 1.65. The van der Waals surface area contributed by atoms with Crippen LogP contribution in [0.25, 0.3) is 17.4 Å². The van der Waals surface area contributed by atoms with Gasteiger partial charge in [0.25, 0.3) is 11.1 Å². The maximum absolute atomic E-state index is 13.2. The quantitative estimate of drug-likeness (QED) is 0.438. The molecule has 2 heterocycles. The Hall–Kier alpha value is -2.58. The number of furan rings is 1. The number of imide groups is 1. The van der Waals surface area contributed by atoms with E-state index in [0.29, 0.717) is 36.3 Å². The molecule has 0 atom stereocenters. The van der Waals surface area contributed by atoms with Crippen LogP contribution in [0.4, 0.5) is 9.18 Å². The van der Waals surface area contributed by atoms with Gasteiger partial charge >= 0.3 is 5.97 Å². The summed E-state index contributed by atoms with van der Waals surface area (Å²) in [6.07, 6.45) is 3.22. The van der Waals surface area contributed by atoms with Gasteiger partial charge in [0.05, 0.1) is 9.93 Å². The van der Waals surface area contributed by atoms with Crippen molar-refractivity contribution in [2.45, 2.75) is 25.7 Å². The van der Waals surface area contributed by atoms with E-state index in [4.69, 9.17) is 21.1 Å². The van der Waals surface area contributed by atoms with Gasteiger partial charge in [0.2, 0.25) is 0 Å². The first kappa shape index (κ1) is 21.1. The number of hydrogen-bond donors (Lipinski definition) is 1. The van der Waals surface area contributed by atoms with Crippen molar-refractivity contribution in [2.24, 2.45) is 0 Å². The number of hydrogen-bond acceptors (Lipinski definition) is 5. The Morgan fingerprint density at radius 2 is 2.00 bits per heavy atom. The van der Waals surface area contributed by atoms with Crippen molar-refractivity contribution in [3.05, 3.63) is 51.8 Å². The Morgan fingerprint density at radius 3 is 2.72 bits per heavy atom. The number of carboxylic acids is 1. The number of benzene rings is 1. The second-order valence-electron chi connectivity index (χ2n) is 6.36. The van der Waals surface area contributed by atoms with Gasteiger partial charge in [-0.05, 0) is 54.9 Å². The summed E-state index contributed by atoms with van der Waals surface area (Å²) < 4.78 is 18.9. The Kier molecular flexibility index (Phi) is 6.76. The molecule has 1 aromatic carbocycles. The van der Waals surface area contributed by atoms with Gasteiger partial charge in [0, 0.05) is 24.6 Å². The summed E-state index contributed by atoms with van der Waals surface area (Å²) in [5.74, 6) is -0.941. The van der Waals surface area contributed by atoms with E-state index in [1.165, 1.54) is 24.3 Å². The average molecular weight is 438 g/mol. The normalized spacial score (nSPS) is 15.5. The van der Waals surface area contributed by atoms with Gasteiger partial charge in [-0.15, -0.1) is 0 Å². The van der Waals surface area contributed by atoms with E-state index >= 15 is 0 Å². The summed E-state index contributed by atoms with van der Waals surface area (Å²) in [4.78, 5) is 36.5. The lowest BCUT2D eigenvalue weighted by atomic mass is 10.2. The zero-order chi connectivity index (χ0) is 21.0. The minimum Gasteiger partial charge on any atom is -0.481 e. The van der Waals surface area contributed by atoms with Crippen molar-refractivity contribution in [1.82, 2.24) is 4.90 Å². The first-order valence-corrected chi connectivity index (χ1v) is 10.1. The van der Waals surface area contributed by atoms with E-state index in [1.807, 2.05) is 0 Å². The van der Waals surface area contributed by atoms with Crippen LogP contribution in [-0.4, -0.2) is 33.7 Å². The zero-order valence-corrected chi connectivity index (χ0v) is 16.8. The van der Waals surface area contributed by atoms with Crippen molar-refractivity contribution in [1.29, 1.82) is 0 Å². The Labute approximate surface area is 175 Å². The third-order valence-electron chi connectivity index (χ3n) is 4.24. The average Bonchev–Trinajstić information content (AvgIpc) is 3.21. The number of thioether (sulfide) groups is 1. The third kappa shape index (κ3) is 5.27. The molecule has 2 amide bonds. The molecule has 0 bridgehead atoms. The van der Waals surface area contributed by atoms with Crippen molar-refractivity contribution in [2.75, 3.05) is 6.54 Å². The molecule has 1 saturated heterocycles. The van der Waals surface area contributed by atoms with Crippen molar-refractivity contribution >= 4 is 46.6 Å². The molecule has 1 aromatic heterocycles. The zero-order valence-electron chi connectivity index (χ0n) is 15.2. The summed E-state index contributed by atoms with van der Waals surface area (Å²) >= 11 is 6.86. The highest BCUT2D eigenvalue weighted by Crippen LogP contribution is 2.34. The van der Waals surface area contributed by atoms with Gasteiger partial charge in [-0.1, -0.05) is 18.0 Å². The van der Waals surface area contributed by atoms with Crippen LogP contribution in [0.15, 0.2) is 39.7 Å². The lowest BCUT2D eigenvalue weighted by Crippen LogP contribution is -2.29. The molecule has 1 aliphatic heterocycles. The lowest BCUT2D eigenvalue weighted by Gasteiger charge is -2.11. The molecule has 9 heteroatoms. The second kappa shape index (κ2) is 9.28. The molecule has 3 rings (SSSR count). The van der Waals surface area contributed by atoms with Crippen LogP contribution in [0.2, 0.25) is 5.02 Å². The van der Waals surface area contributed by atoms with Crippen LogP contribution in [0.1, 0.15) is 31.4 Å². The summed E-state index contributed by atoms with van der Waals surface area (Å²) in [5.41, 5.74) is 0.516. The first-order chi connectivity index (χ1) is 13.8. The smallest absolute Gasteiger partial charge is 0.303 e. The number of carboxylic acid groups (broad SMARTS) is 1. The SMILES string of the molecule is O=C(O)CCCCCN1C(=O)SC(=Cc2ccc(-c3ccc(F)cc3Cl)o2)C1=O. The molecule has 29 heavy (non-hydrogen) atoms. The van der Waals surface area contributed by atoms with Crippen LogP contribution < -0.4 is 0 Å². The maximum Gasteiger partial charge on any atom is 0.303 e. The maximum atomic E-state index is 13.2. The number of nitrogens with zero attached hydrogens (tertiary/aromatic N) is 1. The fourth-order valence-electron chi connectivity index (χ4n) is 2.81. The van der Waals surface area contributed by atoms with Gasteiger partial charge in [0.15, 0.2) is 0 Å². The Morgan fingerprint density at radius 1 is 1.21 bits per heavy atom. The van der Waals surface area contributed by atoms with E-state index in [-0.39, 0.29) is 28.1 Å². The monoisotopic (exact) mass is 437 g/mol. The second-order valence-corrected chi connectivity index (χ2v) is 7.76. The van der Waals surface area contributed by atoms with Crippen LogP contribution in [-0.2, 0) is 9.59 Å². The summed E-state index contributed by atoms with van der Waals surface area (Å²) in [7, 11) is 0. The predicted molar refractivity (Wildman–Crippen MR) is 108 cm³/mol. The molecule has 0 spiro atoms. The summed E-state index contributed by atoms with van der Waals surface area (Å²) in [6.45, 7) is 0.246. The third-order valence-corrected chi connectivity index (χ3v) is 5.46. The highest BCUT2D eigenvalue weighted by Gasteiger charge is 2.34. The van der Waals surface area contributed by atoms with Crippen LogP contribution in [0.5, 0.6) is 0 Å². The standard InChI is InChI=1S/C20H17ClFNO5S/c21-15-10-12(22)5-7-14(15)16-8-6-13(28-16)11-17-19(26)23(20(27)29-17)9-3-1-2-4-18(24)25/h5-8,10-11H,1-4,9H2,(H,24,25). The highest BCUT2D eigenvalue weighted by molar-refractivity contribution is 8.18. The van der Waals surface area contributed by atoms with E-state index in [2.05, 4.69) is 0 Å². The van der Waals surface area contributed by atoms with Gasteiger partial charge in [-0.25, -0.2) is 4.39 Å². The molecule has 1 N–H and O–H groups in total. The molecular formula is C20H17ClFNO5S. The van der Waals surface area contributed by atoms with Crippen LogP contribution in [0.3, 0.4) is 0 Å². The highest BCUT2D eigenvalue weighted by atomic mass is 35.5. The van der Waals surface area contributed by atoms with E-state index in [9.17, 15) is 18.8 Å². The minimum atomic E-state index is -0.862. The number of rotatable bonds is 8. The molecule has 0 aliphatic carbocycles. The predicted octanol–water partition coefficient (Wildman–Crippen LogP) is 5.42. The largest absolute Gasteiger partial charge is 0.481 e. The molecule has 0 unspecified atom stereocenters. The fourth-order valence-corrected chi connectivity index (χ4v) is 3.91. The fraction of sp³-hybridized carbons (Fsp3) is 0.250. The molecule has 1 fully saturated rings. The van der Waals surface area contributed by atoms with Crippen molar-refractivity contribution in [3.8, 4) is 11.3 Å². The molecule has 0 radical (unpaired) electrons. The van der Waals surface area contributed by atoms with Crippen molar-refractivity contribution in [3.63, 3.8) is 0 Å². The summed E-state index contributed by atoms with van der Waals surface area (Å²) in [5, 5.41) is 8.46. The number of aliphatic carboxylic acids is 1. The van der Waals surface area contributed by atoms with E-state index in [0.717, 1.165) is 16.7 Å².